The van der Waals surface area contributed by atoms with Crippen LogP contribution in [0.5, 0.6) is 0 Å². The molecule has 2 aromatic heterocycles. The fourth-order valence-corrected chi connectivity index (χ4v) is 4.52. The van der Waals surface area contributed by atoms with Crippen LogP contribution in [0.1, 0.15) is 52.5 Å². The van der Waals surface area contributed by atoms with Gasteiger partial charge in [0.1, 0.15) is 0 Å². The van der Waals surface area contributed by atoms with Crippen LogP contribution in [-0.2, 0) is 13.6 Å². The lowest BCUT2D eigenvalue weighted by molar-refractivity contribution is 0.102. The van der Waals surface area contributed by atoms with Gasteiger partial charge in [-0.2, -0.15) is 0 Å². The van der Waals surface area contributed by atoms with Crippen molar-refractivity contribution in [3.63, 3.8) is 0 Å². The van der Waals surface area contributed by atoms with Crippen molar-refractivity contribution in [2.24, 2.45) is 7.05 Å². The zero-order valence-corrected chi connectivity index (χ0v) is 19.5. The monoisotopic (exact) mass is 425 g/mol. The third-order valence-corrected chi connectivity index (χ3v) is 6.61. The molecular weight excluding hydrogens is 394 g/mol. The fourth-order valence-electron chi connectivity index (χ4n) is 3.69. The first kappa shape index (κ1) is 22.3. The van der Waals surface area contributed by atoms with Crippen molar-refractivity contribution < 1.29 is 4.79 Å². The predicted molar refractivity (Wildman–Crippen MR) is 122 cm³/mol. The van der Waals surface area contributed by atoms with Crippen LogP contribution in [-0.4, -0.2) is 49.9 Å². The number of thioether (sulfide) groups is 1. The van der Waals surface area contributed by atoms with Crippen molar-refractivity contribution >= 4 is 17.5 Å². The molecule has 0 fully saturated rings. The van der Waals surface area contributed by atoms with E-state index in [9.17, 15) is 4.79 Å². The van der Waals surface area contributed by atoms with E-state index in [0.29, 0.717) is 12.3 Å². The van der Waals surface area contributed by atoms with Crippen LogP contribution < -0.4 is 0 Å². The Morgan fingerprint density at radius 3 is 2.43 bits per heavy atom. The first-order valence-corrected chi connectivity index (χ1v) is 11.2. The van der Waals surface area contributed by atoms with Gasteiger partial charge in [0.05, 0.1) is 18.3 Å². The molecule has 0 radical (unpaired) electrons. The summed E-state index contributed by atoms with van der Waals surface area (Å²) in [5.74, 6) is 1.40. The lowest BCUT2D eigenvalue weighted by atomic mass is 10.2. The Labute approximate surface area is 183 Å². The largest absolute Gasteiger partial charge is 0.351 e. The Morgan fingerprint density at radius 1 is 1.17 bits per heavy atom. The van der Waals surface area contributed by atoms with E-state index in [1.54, 1.807) is 0 Å². The smallest absolute Gasteiger partial charge is 0.192 e. The number of rotatable bonds is 9. The van der Waals surface area contributed by atoms with Gasteiger partial charge in [0, 0.05) is 24.0 Å². The first-order valence-electron chi connectivity index (χ1n) is 10.3. The zero-order valence-electron chi connectivity index (χ0n) is 18.7. The van der Waals surface area contributed by atoms with Crippen molar-refractivity contribution in [1.82, 2.24) is 24.2 Å². The Hall–Kier alpha value is -2.38. The molecule has 1 unspecified atom stereocenters. The van der Waals surface area contributed by atoms with Crippen LogP contribution in [0.15, 0.2) is 41.6 Å². The SMILES string of the molecule is CCC(c1nnc(SCC(=O)c2cc(C)n(C)c2C)n1Cc1ccccc1)N(C)C. The van der Waals surface area contributed by atoms with Gasteiger partial charge in [0.2, 0.25) is 0 Å². The van der Waals surface area contributed by atoms with E-state index >= 15 is 0 Å². The topological polar surface area (TPSA) is 56.0 Å². The average Bonchev–Trinajstić information content (AvgIpc) is 3.23. The molecule has 0 amide bonds. The lowest BCUT2D eigenvalue weighted by Crippen LogP contribution is -2.23. The number of nitrogens with zero attached hydrogens (tertiary/aromatic N) is 5. The minimum Gasteiger partial charge on any atom is -0.351 e. The van der Waals surface area contributed by atoms with Crippen LogP contribution in [0, 0.1) is 13.8 Å². The lowest BCUT2D eigenvalue weighted by Gasteiger charge is -2.23. The molecule has 0 saturated heterocycles. The summed E-state index contributed by atoms with van der Waals surface area (Å²) in [6.07, 6.45) is 0.937. The maximum absolute atomic E-state index is 12.9. The van der Waals surface area contributed by atoms with Crippen molar-refractivity contribution in [3.05, 3.63) is 64.7 Å². The Balaban J connectivity index is 1.87. The minimum atomic E-state index is 0.122. The van der Waals surface area contributed by atoms with Crippen LogP contribution in [0.4, 0.5) is 0 Å². The minimum absolute atomic E-state index is 0.122. The summed E-state index contributed by atoms with van der Waals surface area (Å²) in [6, 6.07) is 12.5. The maximum atomic E-state index is 12.9. The average molecular weight is 426 g/mol. The number of ketones is 1. The highest BCUT2D eigenvalue weighted by Crippen LogP contribution is 2.27. The highest BCUT2D eigenvalue weighted by Gasteiger charge is 2.23. The number of carbonyl (C=O) groups is 1. The molecule has 1 atom stereocenters. The van der Waals surface area contributed by atoms with Crippen LogP contribution >= 0.6 is 11.8 Å². The van der Waals surface area contributed by atoms with E-state index in [1.807, 2.05) is 45.2 Å². The molecule has 0 N–H and O–H groups in total. The summed E-state index contributed by atoms with van der Waals surface area (Å²) in [5, 5.41) is 9.78. The van der Waals surface area contributed by atoms with Crippen LogP contribution in [0.2, 0.25) is 0 Å². The highest BCUT2D eigenvalue weighted by atomic mass is 32.2. The fraction of sp³-hybridized carbons (Fsp3) is 0.435. The number of hydrogen-bond acceptors (Lipinski definition) is 5. The van der Waals surface area contributed by atoms with Crippen LogP contribution in [0.3, 0.4) is 0 Å². The number of aromatic nitrogens is 4. The summed E-state index contributed by atoms with van der Waals surface area (Å²) in [6.45, 7) is 6.85. The molecule has 3 aromatic rings. The Morgan fingerprint density at radius 2 is 1.87 bits per heavy atom. The molecule has 6 nitrogen and oxygen atoms in total. The summed E-state index contributed by atoms with van der Waals surface area (Å²) >= 11 is 1.47. The van der Waals surface area contributed by atoms with Gasteiger partial charge >= 0.3 is 0 Å². The normalized spacial score (nSPS) is 12.5. The van der Waals surface area contributed by atoms with Gasteiger partial charge in [-0.15, -0.1) is 10.2 Å². The van der Waals surface area contributed by atoms with E-state index in [4.69, 9.17) is 0 Å². The summed E-state index contributed by atoms with van der Waals surface area (Å²) in [5.41, 5.74) is 4.07. The van der Waals surface area contributed by atoms with E-state index in [0.717, 1.165) is 34.4 Å². The second kappa shape index (κ2) is 9.62. The molecule has 2 heterocycles. The van der Waals surface area contributed by atoms with Crippen molar-refractivity contribution in [3.8, 4) is 0 Å². The van der Waals surface area contributed by atoms with E-state index in [2.05, 4.69) is 57.4 Å². The van der Waals surface area contributed by atoms with Crippen molar-refractivity contribution in [2.45, 2.75) is 44.9 Å². The number of aryl methyl sites for hydroxylation is 1. The molecule has 0 spiro atoms. The molecule has 0 bridgehead atoms. The van der Waals surface area contributed by atoms with Crippen molar-refractivity contribution in [1.29, 1.82) is 0 Å². The van der Waals surface area contributed by atoms with E-state index in [1.165, 1.54) is 17.3 Å². The van der Waals surface area contributed by atoms with Gasteiger partial charge in [-0.05, 0) is 46.0 Å². The van der Waals surface area contributed by atoms with Gasteiger partial charge in [0.15, 0.2) is 16.8 Å². The summed E-state index contributed by atoms with van der Waals surface area (Å²) < 4.78 is 4.21. The quantitative estimate of drug-likeness (QED) is 0.379. The molecule has 0 aliphatic heterocycles. The number of hydrogen-bond donors (Lipinski definition) is 0. The van der Waals surface area contributed by atoms with Crippen molar-refractivity contribution in [2.75, 3.05) is 19.8 Å². The van der Waals surface area contributed by atoms with Gasteiger partial charge < -0.3 is 9.13 Å². The second-order valence-corrected chi connectivity index (χ2v) is 8.80. The maximum Gasteiger partial charge on any atom is 0.192 e. The third kappa shape index (κ3) is 4.68. The molecular formula is C23H31N5OS. The Bertz CT molecular complexity index is 1010. The molecule has 0 saturated carbocycles. The zero-order chi connectivity index (χ0) is 21.8. The predicted octanol–water partition coefficient (Wildman–Crippen LogP) is 4.27. The van der Waals surface area contributed by atoms with Gasteiger partial charge in [-0.25, -0.2) is 0 Å². The Kier molecular flexibility index (Phi) is 7.15. The molecule has 1 aromatic carbocycles. The van der Waals surface area contributed by atoms with E-state index < -0.39 is 0 Å². The first-order chi connectivity index (χ1) is 14.3. The molecule has 7 heteroatoms. The van der Waals surface area contributed by atoms with Gasteiger partial charge in [-0.1, -0.05) is 49.0 Å². The van der Waals surface area contributed by atoms with E-state index in [-0.39, 0.29) is 11.8 Å². The van der Waals surface area contributed by atoms with Gasteiger partial charge in [0.25, 0.3) is 0 Å². The molecule has 160 valence electrons. The summed E-state index contributed by atoms with van der Waals surface area (Å²) in [7, 11) is 6.11. The molecule has 0 aliphatic rings. The molecule has 3 rings (SSSR count). The van der Waals surface area contributed by atoms with Crippen LogP contribution in [0.25, 0.3) is 0 Å². The third-order valence-electron chi connectivity index (χ3n) is 5.65. The molecule has 30 heavy (non-hydrogen) atoms. The number of benzene rings is 1. The second-order valence-electron chi connectivity index (χ2n) is 7.86. The summed E-state index contributed by atoms with van der Waals surface area (Å²) in [4.78, 5) is 15.0. The highest BCUT2D eigenvalue weighted by molar-refractivity contribution is 7.99. The number of Topliss-reactive ketones (excluding diaryl/α,β-unsaturated/α-hetero) is 1. The standard InChI is InChI=1S/C23H31N5OS/c1-7-20(26(4)5)22-24-25-23(28(22)14-18-11-9-8-10-12-18)30-15-21(29)19-13-16(2)27(6)17(19)3/h8-13,20H,7,14-15H2,1-6H3. The van der Waals surface area contributed by atoms with Gasteiger partial charge in [-0.3, -0.25) is 9.69 Å². The molecule has 0 aliphatic carbocycles. The number of carbonyl (C=O) groups excluding carboxylic acids is 1.